The molecule has 0 amide bonds. The number of hydrogen-bond donors (Lipinski definition) is 0. The molecule has 2 nitrogen and oxygen atoms in total. The first-order chi connectivity index (χ1) is 11.4. The molecule has 0 aromatic heterocycles. The smallest absolute Gasteiger partial charge is 0.192 e. The zero-order valence-corrected chi connectivity index (χ0v) is 11.2. The van der Waals surface area contributed by atoms with Crippen molar-refractivity contribution in [2.24, 2.45) is 0 Å². The van der Waals surface area contributed by atoms with Crippen molar-refractivity contribution in [3.63, 3.8) is 0 Å². The molecule has 0 aliphatic rings. The summed E-state index contributed by atoms with van der Waals surface area (Å²) in [5, 5.41) is 0. The third-order valence-electron chi connectivity index (χ3n) is 2.35. The topological polar surface area (TPSA) is 18.5 Å². The number of hydrogen-bond acceptors (Lipinski definition) is 2. The van der Waals surface area contributed by atoms with Gasteiger partial charge in [-0.1, -0.05) is 0 Å². The zero-order valence-electron chi connectivity index (χ0n) is 11.2. The van der Waals surface area contributed by atoms with Crippen molar-refractivity contribution in [2.75, 3.05) is 0 Å². The molecular weight excluding hydrogens is 451 g/mol. The van der Waals surface area contributed by atoms with Crippen molar-refractivity contribution < 1.29 is 84.4 Å². The summed E-state index contributed by atoms with van der Waals surface area (Å²) in [6.07, 6.45) is -25.7. The number of alkyl halides is 16. The minimum absolute atomic E-state index is 1.61. The van der Waals surface area contributed by atoms with Crippen molar-refractivity contribution >= 4 is 0 Å². The lowest BCUT2D eigenvalue weighted by molar-refractivity contribution is -0.533. The predicted octanol–water partition coefficient (Wildman–Crippen LogP) is 5.65. The maximum atomic E-state index is 12.8. The maximum Gasteiger partial charge on any atom is 0.460 e. The first-order valence-corrected chi connectivity index (χ1v) is 5.29. The highest BCUT2D eigenvalue weighted by Crippen LogP contribution is 2.60. The highest BCUT2D eigenvalue weighted by atomic mass is 19.4. The van der Waals surface area contributed by atoms with Crippen LogP contribution < -0.4 is 0 Å². The lowest BCUT2D eigenvalue weighted by atomic mass is 9.97. The summed E-state index contributed by atoms with van der Waals surface area (Å²) >= 11 is 0. The minimum Gasteiger partial charge on any atom is -0.192 e. The fourth-order valence-corrected chi connectivity index (χ4v) is 0.944. The monoisotopic (exact) mass is 451 g/mol. The summed E-state index contributed by atoms with van der Waals surface area (Å²) in [7, 11) is 0. The summed E-state index contributed by atoms with van der Waals surface area (Å²) in [6, 6.07) is 0. The van der Waals surface area contributed by atoms with Gasteiger partial charge in [-0.05, 0) is 0 Å². The second-order valence-electron chi connectivity index (χ2n) is 4.25. The van der Waals surface area contributed by atoms with Crippen LogP contribution in [0.3, 0.4) is 0 Å². The largest absolute Gasteiger partial charge is 0.460 e. The molecule has 0 spiro atoms. The van der Waals surface area contributed by atoms with Gasteiger partial charge in [0.05, 0.1) is 0 Å². The number of halogens is 17. The summed E-state index contributed by atoms with van der Waals surface area (Å²) in [6.45, 7) is 0. The minimum atomic E-state index is -8.32. The van der Waals surface area contributed by atoms with Gasteiger partial charge in [-0.3, -0.25) is 0 Å². The Morgan fingerprint density at radius 1 is 0.481 bits per heavy atom. The van der Waals surface area contributed by atoms with Gasteiger partial charge in [0.2, 0.25) is 0 Å². The zero-order chi connectivity index (χ0) is 22.5. The van der Waals surface area contributed by atoms with Gasteiger partial charge >= 0.3 is 48.5 Å². The second-order valence-corrected chi connectivity index (χ2v) is 4.25. The molecule has 0 fully saturated rings. The van der Waals surface area contributed by atoms with Gasteiger partial charge in [-0.2, -0.15) is 84.4 Å². The van der Waals surface area contributed by atoms with E-state index in [2.05, 4.69) is 0 Å². The third kappa shape index (κ3) is 4.11. The average molecular weight is 451 g/mol. The van der Waals surface area contributed by atoms with E-state index in [1.807, 2.05) is 4.89 Å². The van der Waals surface area contributed by atoms with Crippen molar-refractivity contribution in [1.29, 1.82) is 0 Å². The standard InChI is InChI=1S/C8F17O2/c9-1(2(10,11)12)26-27-8(24,25)6(19,20)4(15,16)3(13,14)5(17,18)7(21,22)23. The molecule has 0 aliphatic heterocycles. The molecule has 0 saturated heterocycles. The molecule has 0 heterocycles. The van der Waals surface area contributed by atoms with E-state index in [9.17, 15) is 74.6 Å². The Morgan fingerprint density at radius 3 is 1.11 bits per heavy atom. The first kappa shape index (κ1) is 25.7. The molecule has 1 radical (unpaired) electrons. The van der Waals surface area contributed by atoms with Gasteiger partial charge in [0.1, 0.15) is 0 Å². The highest BCUT2D eigenvalue weighted by molar-refractivity contribution is 5.08. The van der Waals surface area contributed by atoms with Gasteiger partial charge in [0.25, 0.3) is 0 Å². The van der Waals surface area contributed by atoms with Crippen LogP contribution in [0.5, 0.6) is 0 Å². The Morgan fingerprint density at radius 2 is 0.815 bits per heavy atom. The maximum absolute atomic E-state index is 12.8. The molecule has 0 saturated carbocycles. The summed E-state index contributed by atoms with van der Waals surface area (Å²) in [4.78, 5) is 3.43. The van der Waals surface area contributed by atoms with E-state index >= 15 is 0 Å². The van der Waals surface area contributed by atoms with Crippen LogP contribution in [0.25, 0.3) is 0 Å². The Kier molecular flexibility index (Phi) is 6.35. The molecule has 163 valence electrons. The van der Waals surface area contributed by atoms with Crippen LogP contribution in [0, 0.1) is 6.36 Å². The normalized spacial score (nSPS) is 16.2. The van der Waals surface area contributed by atoms with E-state index in [0.29, 0.717) is 0 Å². The average Bonchev–Trinajstić information content (AvgIpc) is 2.41. The molecule has 0 N–H and O–H groups in total. The fraction of sp³-hybridized carbons (Fsp3) is 0.875. The van der Waals surface area contributed by atoms with Crippen LogP contribution in [0.4, 0.5) is 74.6 Å². The Labute approximate surface area is 134 Å². The third-order valence-corrected chi connectivity index (χ3v) is 2.35. The fourth-order valence-electron chi connectivity index (χ4n) is 0.944. The van der Waals surface area contributed by atoms with Crippen molar-refractivity contribution in [3.8, 4) is 0 Å². The van der Waals surface area contributed by atoms with E-state index in [1.54, 1.807) is 4.89 Å². The van der Waals surface area contributed by atoms with Crippen LogP contribution in [0.1, 0.15) is 0 Å². The molecule has 0 bridgehead atoms. The summed E-state index contributed by atoms with van der Waals surface area (Å²) in [5.74, 6) is -32.7. The van der Waals surface area contributed by atoms with Crippen LogP contribution >= 0.6 is 0 Å². The van der Waals surface area contributed by atoms with Gasteiger partial charge in [-0.15, -0.1) is 0 Å². The van der Waals surface area contributed by atoms with E-state index in [0.717, 1.165) is 0 Å². The lowest BCUT2D eigenvalue weighted by Crippen LogP contribution is -2.70. The lowest BCUT2D eigenvalue weighted by Gasteiger charge is -2.38. The van der Waals surface area contributed by atoms with Gasteiger partial charge in [0.15, 0.2) is 0 Å². The molecule has 0 rings (SSSR count). The molecular formula is C8F17O2. The first-order valence-electron chi connectivity index (χ1n) is 5.29. The molecule has 0 aliphatic carbocycles. The number of rotatable bonds is 7. The highest BCUT2D eigenvalue weighted by Gasteiger charge is 2.91. The van der Waals surface area contributed by atoms with Gasteiger partial charge in [0, 0.05) is 0 Å². The Bertz CT molecular complexity index is 516. The van der Waals surface area contributed by atoms with Crippen LogP contribution in [0.15, 0.2) is 0 Å². The van der Waals surface area contributed by atoms with Crippen molar-refractivity contribution in [3.05, 3.63) is 6.36 Å². The quantitative estimate of drug-likeness (QED) is 0.283. The molecule has 27 heavy (non-hydrogen) atoms. The molecule has 0 aromatic carbocycles. The predicted molar refractivity (Wildman–Crippen MR) is 43.4 cm³/mol. The Balaban J connectivity index is 5.95. The summed E-state index contributed by atoms with van der Waals surface area (Å²) in [5.41, 5.74) is 0. The van der Waals surface area contributed by atoms with Crippen LogP contribution in [-0.2, 0) is 9.78 Å². The SMILES string of the molecule is F[C](OOC(F)(F)C(F)(F)C(F)(F)C(F)(F)C(F)(F)C(F)(F)F)C(F)(F)F. The van der Waals surface area contributed by atoms with Crippen molar-refractivity contribution in [1.82, 2.24) is 0 Å². The summed E-state index contributed by atoms with van der Waals surface area (Å²) < 4.78 is 208. The van der Waals surface area contributed by atoms with Gasteiger partial charge in [-0.25, -0.2) is 0 Å². The van der Waals surface area contributed by atoms with E-state index in [-0.39, 0.29) is 0 Å². The molecule has 19 heteroatoms. The molecule has 0 unspecified atom stereocenters. The van der Waals surface area contributed by atoms with E-state index in [4.69, 9.17) is 0 Å². The van der Waals surface area contributed by atoms with E-state index < -0.39 is 48.5 Å². The second kappa shape index (κ2) is 6.66. The molecule has 0 aromatic rings. The molecule has 0 atom stereocenters. The Hall–Kier alpha value is -1.27. The van der Waals surface area contributed by atoms with Gasteiger partial charge < -0.3 is 0 Å². The van der Waals surface area contributed by atoms with Crippen molar-refractivity contribution in [2.45, 2.75) is 42.2 Å². The van der Waals surface area contributed by atoms with Crippen LogP contribution in [-0.4, -0.2) is 42.2 Å². The van der Waals surface area contributed by atoms with Crippen LogP contribution in [0.2, 0.25) is 0 Å². The van der Waals surface area contributed by atoms with E-state index in [1.165, 1.54) is 0 Å².